The molecule has 1 N–H and O–H groups in total. The third-order valence-electron chi connectivity index (χ3n) is 5.82. The number of carbonyl (C=O) groups is 3. The van der Waals surface area contributed by atoms with Crippen LogP contribution in [0.5, 0.6) is 0 Å². The van der Waals surface area contributed by atoms with E-state index in [2.05, 4.69) is 5.32 Å². The Hall–Kier alpha value is -2.06. The van der Waals surface area contributed by atoms with Gasteiger partial charge in [0.2, 0.25) is 12.0 Å². The molecule has 2 aliphatic heterocycles. The van der Waals surface area contributed by atoms with E-state index in [1.165, 1.54) is 0 Å². The number of benzene rings is 1. The standard InChI is InChI=1S/C21H26N2O5S/c24-18(23-10-12-27-13-11-23)17(15-6-2-1-3-7-15)28-19(25)16-14-29-21(20(26)22-16)8-4-5-9-21/h1-3,6-7,16-17H,4-5,8-14H2,(H,22,26)/t16-,17-/m1/s1. The van der Waals surface area contributed by atoms with Gasteiger partial charge in [0.15, 0.2) is 0 Å². The summed E-state index contributed by atoms with van der Waals surface area (Å²) >= 11 is 1.55. The van der Waals surface area contributed by atoms with Gasteiger partial charge >= 0.3 is 5.97 Å². The fourth-order valence-corrected chi connectivity index (χ4v) is 5.59. The Labute approximate surface area is 174 Å². The van der Waals surface area contributed by atoms with Crippen LogP contribution in [0.4, 0.5) is 0 Å². The Morgan fingerprint density at radius 1 is 1.17 bits per heavy atom. The monoisotopic (exact) mass is 418 g/mol. The summed E-state index contributed by atoms with van der Waals surface area (Å²) in [4.78, 5) is 40.3. The van der Waals surface area contributed by atoms with Crippen molar-refractivity contribution in [3.63, 3.8) is 0 Å². The molecule has 1 spiro atoms. The van der Waals surface area contributed by atoms with E-state index in [0.717, 1.165) is 25.7 Å². The van der Waals surface area contributed by atoms with Crippen molar-refractivity contribution < 1.29 is 23.9 Å². The number of morpholine rings is 1. The van der Waals surface area contributed by atoms with E-state index in [9.17, 15) is 14.4 Å². The van der Waals surface area contributed by atoms with E-state index in [4.69, 9.17) is 9.47 Å². The fourth-order valence-electron chi connectivity index (χ4n) is 4.12. The highest BCUT2D eigenvalue weighted by Crippen LogP contribution is 2.44. The molecule has 1 aliphatic carbocycles. The Morgan fingerprint density at radius 2 is 1.86 bits per heavy atom. The zero-order valence-electron chi connectivity index (χ0n) is 16.3. The summed E-state index contributed by atoms with van der Waals surface area (Å²) in [7, 11) is 0. The number of hydrogen-bond acceptors (Lipinski definition) is 6. The molecular formula is C21H26N2O5S. The minimum absolute atomic E-state index is 0.0797. The van der Waals surface area contributed by atoms with Crippen LogP contribution in [0.1, 0.15) is 37.4 Å². The van der Waals surface area contributed by atoms with Gasteiger partial charge in [0, 0.05) is 24.4 Å². The number of amides is 2. The Morgan fingerprint density at radius 3 is 2.52 bits per heavy atom. The Bertz CT molecular complexity index is 760. The molecule has 0 radical (unpaired) electrons. The van der Waals surface area contributed by atoms with Gasteiger partial charge in [0.05, 0.1) is 18.0 Å². The number of ether oxygens (including phenoxy) is 2. The predicted molar refractivity (Wildman–Crippen MR) is 108 cm³/mol. The maximum atomic E-state index is 13.1. The van der Waals surface area contributed by atoms with Crippen molar-refractivity contribution in [1.82, 2.24) is 10.2 Å². The fraction of sp³-hybridized carbons (Fsp3) is 0.571. The van der Waals surface area contributed by atoms with Gasteiger partial charge in [-0.1, -0.05) is 43.2 Å². The minimum Gasteiger partial charge on any atom is -0.446 e. The average molecular weight is 419 g/mol. The van der Waals surface area contributed by atoms with Gasteiger partial charge in [-0.15, -0.1) is 11.8 Å². The van der Waals surface area contributed by atoms with Crippen LogP contribution in [0.3, 0.4) is 0 Å². The zero-order chi connectivity index (χ0) is 20.3. The predicted octanol–water partition coefficient (Wildman–Crippen LogP) is 1.67. The van der Waals surface area contributed by atoms with Crippen LogP contribution >= 0.6 is 11.8 Å². The molecule has 0 aromatic heterocycles. The second-order valence-electron chi connectivity index (χ2n) is 7.70. The largest absolute Gasteiger partial charge is 0.446 e. The third-order valence-corrected chi connectivity index (χ3v) is 7.47. The van der Waals surface area contributed by atoms with Crippen LogP contribution in [0.25, 0.3) is 0 Å². The van der Waals surface area contributed by atoms with Crippen molar-refractivity contribution in [2.45, 2.75) is 42.6 Å². The van der Waals surface area contributed by atoms with Gasteiger partial charge < -0.3 is 19.7 Å². The number of carbonyl (C=O) groups excluding carboxylic acids is 3. The molecule has 8 heteroatoms. The first-order chi connectivity index (χ1) is 14.1. The van der Waals surface area contributed by atoms with Crippen molar-refractivity contribution in [1.29, 1.82) is 0 Å². The molecule has 2 heterocycles. The number of esters is 1. The lowest BCUT2D eigenvalue weighted by Gasteiger charge is -2.36. The normalized spacial score (nSPS) is 24.8. The molecule has 3 aliphatic rings. The molecule has 1 aromatic carbocycles. The molecule has 0 unspecified atom stereocenters. The minimum atomic E-state index is -1.02. The first kappa shape index (κ1) is 20.2. The summed E-state index contributed by atoms with van der Waals surface area (Å²) < 4.78 is 10.6. The topological polar surface area (TPSA) is 84.9 Å². The molecule has 4 rings (SSSR count). The maximum absolute atomic E-state index is 13.1. The number of rotatable bonds is 4. The lowest BCUT2D eigenvalue weighted by molar-refractivity contribution is -0.164. The summed E-state index contributed by atoms with van der Waals surface area (Å²) in [6, 6.07) is 8.29. The van der Waals surface area contributed by atoms with Crippen molar-refractivity contribution in [3.05, 3.63) is 35.9 Å². The van der Waals surface area contributed by atoms with E-state index in [-0.39, 0.29) is 16.6 Å². The maximum Gasteiger partial charge on any atom is 0.330 e. The number of hydrogen-bond donors (Lipinski definition) is 1. The SMILES string of the molecule is O=C(O[C@@H](C(=O)N1CCOCC1)c1ccccc1)[C@H]1CSC2(CCCC2)C(=O)N1. The number of nitrogens with zero attached hydrogens (tertiary/aromatic N) is 1. The van der Waals surface area contributed by atoms with Crippen LogP contribution in [-0.2, 0) is 23.9 Å². The first-order valence-electron chi connectivity index (χ1n) is 10.2. The molecule has 2 amide bonds. The summed E-state index contributed by atoms with van der Waals surface area (Å²) in [5, 5.41) is 2.84. The van der Waals surface area contributed by atoms with Crippen LogP contribution in [0.15, 0.2) is 30.3 Å². The molecule has 156 valence electrons. The van der Waals surface area contributed by atoms with Crippen molar-refractivity contribution in [3.8, 4) is 0 Å². The van der Waals surface area contributed by atoms with E-state index < -0.39 is 18.1 Å². The lowest BCUT2D eigenvalue weighted by Crippen LogP contribution is -2.56. The van der Waals surface area contributed by atoms with Gasteiger partial charge in [-0.25, -0.2) is 4.79 Å². The van der Waals surface area contributed by atoms with Gasteiger partial charge in [-0.2, -0.15) is 0 Å². The highest BCUT2D eigenvalue weighted by molar-refractivity contribution is 8.01. The molecule has 29 heavy (non-hydrogen) atoms. The third kappa shape index (κ3) is 4.28. The second kappa shape index (κ2) is 8.75. The smallest absolute Gasteiger partial charge is 0.330 e. The van der Waals surface area contributed by atoms with Gasteiger partial charge in [-0.3, -0.25) is 9.59 Å². The molecule has 2 atom stereocenters. The van der Waals surface area contributed by atoms with E-state index in [0.29, 0.717) is 37.6 Å². The molecule has 3 fully saturated rings. The quantitative estimate of drug-likeness (QED) is 0.749. The van der Waals surface area contributed by atoms with E-state index in [1.807, 2.05) is 18.2 Å². The Balaban J connectivity index is 1.46. The van der Waals surface area contributed by atoms with E-state index in [1.54, 1.807) is 28.8 Å². The Kier molecular flexibility index (Phi) is 6.10. The number of thioether (sulfide) groups is 1. The van der Waals surface area contributed by atoms with Gasteiger partial charge in [0.25, 0.3) is 5.91 Å². The van der Waals surface area contributed by atoms with E-state index >= 15 is 0 Å². The lowest BCUT2D eigenvalue weighted by atomic mass is 10.1. The summed E-state index contributed by atoms with van der Waals surface area (Å²) in [6.45, 7) is 1.88. The van der Waals surface area contributed by atoms with Crippen molar-refractivity contribution >= 4 is 29.5 Å². The molecule has 1 saturated carbocycles. The van der Waals surface area contributed by atoms with Crippen LogP contribution in [0, 0.1) is 0 Å². The zero-order valence-corrected chi connectivity index (χ0v) is 17.1. The second-order valence-corrected chi connectivity index (χ2v) is 9.11. The average Bonchev–Trinajstić information content (AvgIpc) is 3.24. The summed E-state index contributed by atoms with van der Waals surface area (Å²) in [5.41, 5.74) is 0.624. The number of nitrogens with one attached hydrogen (secondary N) is 1. The van der Waals surface area contributed by atoms with Crippen molar-refractivity contribution in [2.24, 2.45) is 0 Å². The molecular weight excluding hydrogens is 392 g/mol. The van der Waals surface area contributed by atoms with Crippen LogP contribution in [0.2, 0.25) is 0 Å². The molecule has 7 nitrogen and oxygen atoms in total. The molecule has 1 aromatic rings. The summed E-state index contributed by atoms with van der Waals surface area (Å²) in [5.74, 6) is -0.425. The molecule has 0 bridgehead atoms. The highest BCUT2D eigenvalue weighted by Gasteiger charge is 2.47. The first-order valence-corrected chi connectivity index (χ1v) is 11.1. The van der Waals surface area contributed by atoms with Crippen LogP contribution in [-0.4, -0.2) is 65.5 Å². The van der Waals surface area contributed by atoms with Crippen LogP contribution < -0.4 is 5.32 Å². The van der Waals surface area contributed by atoms with Gasteiger partial charge in [0.1, 0.15) is 6.04 Å². The highest BCUT2D eigenvalue weighted by atomic mass is 32.2. The summed E-state index contributed by atoms with van der Waals surface area (Å²) in [6.07, 6.45) is 2.77. The van der Waals surface area contributed by atoms with Gasteiger partial charge in [-0.05, 0) is 12.8 Å². The van der Waals surface area contributed by atoms with Crippen molar-refractivity contribution in [2.75, 3.05) is 32.1 Å². The molecule has 2 saturated heterocycles.